The number of hydroxylamine groups is 1. The molecule has 0 aromatic heterocycles. The molecule has 4 nitrogen and oxygen atoms in total. The standard InChI is InChI=1S/C19H36N2O2/c1-4-17-21(23)20-16-12-7-5-6-10-14-19(22)15-11-8-9-13-18(2)3/h4,17-18H,5-16H2,1-3H3/b17-4+,21-20?. The Bertz CT molecular complexity index is 349. The Morgan fingerprint density at radius 1 is 1.00 bits per heavy atom. The van der Waals surface area contributed by atoms with Crippen LogP contribution in [0.1, 0.15) is 91.4 Å². The number of azo groups is 1. The molecule has 0 aliphatic heterocycles. The Labute approximate surface area is 142 Å². The fourth-order valence-corrected chi connectivity index (χ4v) is 2.48. The van der Waals surface area contributed by atoms with Gasteiger partial charge in [-0.3, -0.25) is 4.79 Å². The number of allylic oxidation sites excluding steroid dienone is 1. The molecule has 0 amide bonds. The Morgan fingerprint density at radius 2 is 1.57 bits per heavy atom. The van der Waals surface area contributed by atoms with Gasteiger partial charge in [0.25, 0.3) is 0 Å². The first-order chi connectivity index (χ1) is 11.1. The molecule has 0 heterocycles. The third-order valence-electron chi connectivity index (χ3n) is 3.87. The lowest BCUT2D eigenvalue weighted by atomic mass is 10.0. The predicted octanol–water partition coefficient (Wildman–Crippen LogP) is 6.00. The molecule has 0 aliphatic rings. The van der Waals surface area contributed by atoms with Gasteiger partial charge < -0.3 is 5.21 Å². The summed E-state index contributed by atoms with van der Waals surface area (Å²) < 4.78 is 0. The lowest BCUT2D eigenvalue weighted by Crippen LogP contribution is -1.98. The second kappa shape index (κ2) is 15.7. The van der Waals surface area contributed by atoms with Crippen molar-refractivity contribution < 1.29 is 9.66 Å². The van der Waals surface area contributed by atoms with Crippen LogP contribution in [0.25, 0.3) is 0 Å². The van der Waals surface area contributed by atoms with Gasteiger partial charge >= 0.3 is 0 Å². The minimum absolute atomic E-state index is 0.429. The zero-order chi connectivity index (χ0) is 17.3. The third-order valence-corrected chi connectivity index (χ3v) is 3.87. The third kappa shape index (κ3) is 17.0. The van der Waals surface area contributed by atoms with Crippen LogP contribution in [-0.4, -0.2) is 17.2 Å². The lowest BCUT2D eigenvalue weighted by molar-refractivity contribution is -0.459. The molecule has 0 N–H and O–H groups in total. The van der Waals surface area contributed by atoms with Gasteiger partial charge in [-0.15, -0.1) is 0 Å². The largest absolute Gasteiger partial charge is 0.595 e. The smallest absolute Gasteiger partial charge is 0.205 e. The van der Waals surface area contributed by atoms with E-state index in [4.69, 9.17) is 0 Å². The molecule has 0 aromatic carbocycles. The lowest BCUT2D eigenvalue weighted by Gasteiger charge is -2.04. The van der Waals surface area contributed by atoms with Gasteiger partial charge in [0.05, 0.1) is 0 Å². The predicted molar refractivity (Wildman–Crippen MR) is 96.4 cm³/mol. The summed E-state index contributed by atoms with van der Waals surface area (Å²) in [7, 11) is 0. The number of ketones is 1. The molecular weight excluding hydrogens is 288 g/mol. The number of nitrogens with zero attached hydrogens (tertiary/aromatic N) is 2. The van der Waals surface area contributed by atoms with Gasteiger partial charge in [-0.2, -0.15) is 0 Å². The topological polar surface area (TPSA) is 55.5 Å². The molecule has 0 radical (unpaired) electrons. The van der Waals surface area contributed by atoms with Crippen LogP contribution in [0.2, 0.25) is 0 Å². The van der Waals surface area contributed by atoms with Gasteiger partial charge in [-0.05, 0) is 43.3 Å². The van der Waals surface area contributed by atoms with E-state index in [0.29, 0.717) is 17.2 Å². The SMILES string of the molecule is C/C=C/[N+]([O-])=NCCCCCCCC(=O)CCCCCC(C)C. The Morgan fingerprint density at radius 3 is 2.17 bits per heavy atom. The van der Waals surface area contributed by atoms with Gasteiger partial charge in [-0.25, -0.2) is 0 Å². The maximum atomic E-state index is 11.8. The van der Waals surface area contributed by atoms with Crippen molar-refractivity contribution in [3.8, 4) is 0 Å². The van der Waals surface area contributed by atoms with Crippen LogP contribution in [0.4, 0.5) is 0 Å². The van der Waals surface area contributed by atoms with Crippen LogP contribution in [0, 0.1) is 11.1 Å². The molecule has 0 aliphatic carbocycles. The average Bonchev–Trinajstić information content (AvgIpc) is 2.49. The van der Waals surface area contributed by atoms with Crippen molar-refractivity contribution in [2.45, 2.75) is 91.4 Å². The van der Waals surface area contributed by atoms with Crippen LogP contribution >= 0.6 is 0 Å². The highest BCUT2D eigenvalue weighted by molar-refractivity contribution is 5.78. The van der Waals surface area contributed by atoms with E-state index in [9.17, 15) is 10.0 Å². The van der Waals surface area contributed by atoms with E-state index in [2.05, 4.69) is 19.0 Å². The van der Waals surface area contributed by atoms with E-state index in [-0.39, 0.29) is 0 Å². The van der Waals surface area contributed by atoms with Crippen molar-refractivity contribution in [1.82, 2.24) is 0 Å². The first-order valence-electron chi connectivity index (χ1n) is 9.34. The zero-order valence-corrected chi connectivity index (χ0v) is 15.4. The minimum atomic E-state index is 0.429. The number of unbranched alkanes of at least 4 members (excludes halogenated alkanes) is 6. The molecular formula is C19H36N2O2. The molecule has 0 atom stereocenters. The summed E-state index contributed by atoms with van der Waals surface area (Å²) in [4.78, 5) is 12.4. The molecule has 0 saturated carbocycles. The fraction of sp³-hybridized carbons (Fsp3) is 0.842. The number of hydrogen-bond acceptors (Lipinski definition) is 3. The normalized spacial score (nSPS) is 12.4. The van der Waals surface area contributed by atoms with E-state index >= 15 is 0 Å². The second-order valence-corrected chi connectivity index (χ2v) is 6.70. The molecule has 0 bridgehead atoms. The summed E-state index contributed by atoms with van der Waals surface area (Å²) >= 11 is 0. The van der Waals surface area contributed by atoms with Gasteiger partial charge in [0.1, 0.15) is 12.3 Å². The van der Waals surface area contributed by atoms with Crippen LogP contribution in [0.3, 0.4) is 0 Å². The Hall–Kier alpha value is -1.19. The van der Waals surface area contributed by atoms with Crippen molar-refractivity contribution in [3.05, 3.63) is 17.5 Å². The van der Waals surface area contributed by atoms with Gasteiger partial charge in [-0.1, -0.05) is 57.2 Å². The van der Waals surface area contributed by atoms with Gasteiger partial charge in [0, 0.05) is 12.8 Å². The van der Waals surface area contributed by atoms with E-state index in [1.165, 1.54) is 25.5 Å². The summed E-state index contributed by atoms with van der Waals surface area (Å²) in [6.45, 7) is 6.88. The summed E-state index contributed by atoms with van der Waals surface area (Å²) in [6.07, 6.45) is 14.6. The number of carbonyl (C=O) groups excluding carboxylic acids is 1. The van der Waals surface area contributed by atoms with Crippen molar-refractivity contribution in [3.63, 3.8) is 0 Å². The first kappa shape index (κ1) is 21.8. The van der Waals surface area contributed by atoms with E-state index < -0.39 is 0 Å². The molecule has 134 valence electrons. The Kier molecular flexibility index (Phi) is 14.9. The molecule has 23 heavy (non-hydrogen) atoms. The Balaban J connectivity index is 3.34. The molecule has 0 rings (SSSR count). The van der Waals surface area contributed by atoms with Crippen LogP contribution in [-0.2, 0) is 4.79 Å². The maximum absolute atomic E-state index is 11.8. The monoisotopic (exact) mass is 324 g/mol. The number of rotatable bonds is 15. The zero-order valence-electron chi connectivity index (χ0n) is 15.4. The molecule has 0 unspecified atom stereocenters. The van der Waals surface area contributed by atoms with Crippen LogP contribution in [0.15, 0.2) is 17.4 Å². The van der Waals surface area contributed by atoms with Crippen LogP contribution in [0.5, 0.6) is 0 Å². The number of carbonyl (C=O) groups is 1. The highest BCUT2D eigenvalue weighted by Gasteiger charge is 2.02. The van der Waals surface area contributed by atoms with Crippen molar-refractivity contribution in [2.75, 3.05) is 6.54 Å². The summed E-state index contributed by atoms with van der Waals surface area (Å²) in [6, 6.07) is 0. The summed E-state index contributed by atoms with van der Waals surface area (Å²) in [5.41, 5.74) is 0. The summed E-state index contributed by atoms with van der Waals surface area (Å²) in [5, 5.41) is 14.9. The maximum Gasteiger partial charge on any atom is 0.205 e. The van der Waals surface area contributed by atoms with Crippen molar-refractivity contribution in [1.29, 1.82) is 0 Å². The van der Waals surface area contributed by atoms with Crippen molar-refractivity contribution in [2.24, 2.45) is 11.0 Å². The minimum Gasteiger partial charge on any atom is -0.595 e. The molecule has 0 spiro atoms. The molecule has 0 saturated heterocycles. The fourth-order valence-electron chi connectivity index (χ4n) is 2.48. The van der Waals surface area contributed by atoms with E-state index in [1.807, 2.05) is 0 Å². The summed E-state index contributed by atoms with van der Waals surface area (Å²) in [5.74, 6) is 1.20. The van der Waals surface area contributed by atoms with Gasteiger partial charge in [0.2, 0.25) is 6.20 Å². The van der Waals surface area contributed by atoms with Crippen molar-refractivity contribution >= 4 is 5.78 Å². The quantitative estimate of drug-likeness (QED) is 0.160. The second-order valence-electron chi connectivity index (χ2n) is 6.70. The highest BCUT2D eigenvalue weighted by atomic mass is 16.5. The highest BCUT2D eigenvalue weighted by Crippen LogP contribution is 2.12. The van der Waals surface area contributed by atoms with E-state index in [0.717, 1.165) is 57.3 Å². The number of hydrogen-bond donors (Lipinski definition) is 0. The average molecular weight is 325 g/mol. The van der Waals surface area contributed by atoms with E-state index in [1.54, 1.807) is 13.0 Å². The first-order valence-corrected chi connectivity index (χ1v) is 9.34. The van der Waals surface area contributed by atoms with Crippen LogP contribution < -0.4 is 0 Å². The number of Topliss-reactive ketones (excluding diaryl/α,β-unsaturated/α-hetero) is 1. The molecule has 0 fully saturated rings. The molecule has 4 heteroatoms. The molecule has 0 aromatic rings. The van der Waals surface area contributed by atoms with Gasteiger partial charge in [0.15, 0.2) is 0 Å².